The van der Waals surface area contributed by atoms with Gasteiger partial charge in [0.05, 0.1) is 5.69 Å². The van der Waals surface area contributed by atoms with E-state index in [1.807, 2.05) is 6.92 Å². The molecule has 1 heterocycles. The standard InChI is InChI=1S/C13H18N4OS/c1-3-4-16-12(18)11-10(15)8(6-14)13(19-11)17-9-5-7(9)2/h7,9,17H,3-5,15H2,1-2H3,(H,16,18). The quantitative estimate of drug-likeness (QED) is 0.769. The van der Waals surface area contributed by atoms with Crippen LogP contribution >= 0.6 is 11.3 Å². The van der Waals surface area contributed by atoms with E-state index < -0.39 is 0 Å². The van der Waals surface area contributed by atoms with Crippen LogP contribution in [0.25, 0.3) is 0 Å². The number of rotatable bonds is 5. The molecule has 1 amide bonds. The number of carbonyl (C=O) groups is 1. The first-order valence-corrected chi connectivity index (χ1v) is 7.27. The molecule has 19 heavy (non-hydrogen) atoms. The molecule has 4 N–H and O–H groups in total. The van der Waals surface area contributed by atoms with Gasteiger partial charge in [-0.2, -0.15) is 5.26 Å². The van der Waals surface area contributed by atoms with Crippen LogP contribution < -0.4 is 16.4 Å². The molecule has 0 spiro atoms. The van der Waals surface area contributed by atoms with Crippen LogP contribution in [0.3, 0.4) is 0 Å². The Morgan fingerprint density at radius 2 is 2.32 bits per heavy atom. The van der Waals surface area contributed by atoms with Crippen LogP contribution in [0.5, 0.6) is 0 Å². The van der Waals surface area contributed by atoms with Crippen molar-refractivity contribution in [2.24, 2.45) is 5.92 Å². The Morgan fingerprint density at radius 1 is 1.63 bits per heavy atom. The Morgan fingerprint density at radius 3 is 2.84 bits per heavy atom. The zero-order valence-corrected chi connectivity index (χ0v) is 11.9. The van der Waals surface area contributed by atoms with Crippen LogP contribution in [0.1, 0.15) is 41.9 Å². The van der Waals surface area contributed by atoms with Crippen LogP contribution in [0.15, 0.2) is 0 Å². The van der Waals surface area contributed by atoms with Gasteiger partial charge < -0.3 is 16.4 Å². The van der Waals surface area contributed by atoms with Gasteiger partial charge in [-0.05, 0) is 18.8 Å². The molecule has 0 bridgehead atoms. The molecule has 0 aliphatic heterocycles. The fraction of sp³-hybridized carbons (Fsp3) is 0.538. The van der Waals surface area contributed by atoms with Crippen LogP contribution in [-0.2, 0) is 0 Å². The van der Waals surface area contributed by atoms with Crippen molar-refractivity contribution in [1.29, 1.82) is 5.26 Å². The van der Waals surface area contributed by atoms with Gasteiger partial charge in [-0.1, -0.05) is 13.8 Å². The van der Waals surface area contributed by atoms with Crippen LogP contribution in [0.4, 0.5) is 10.7 Å². The van der Waals surface area contributed by atoms with Crippen molar-refractivity contribution in [1.82, 2.24) is 5.32 Å². The van der Waals surface area contributed by atoms with E-state index in [4.69, 9.17) is 5.73 Å². The largest absolute Gasteiger partial charge is 0.396 e. The first-order valence-electron chi connectivity index (χ1n) is 6.45. The lowest BCUT2D eigenvalue weighted by atomic mass is 10.2. The van der Waals surface area contributed by atoms with E-state index in [2.05, 4.69) is 23.6 Å². The summed E-state index contributed by atoms with van der Waals surface area (Å²) < 4.78 is 0. The third-order valence-corrected chi connectivity index (χ3v) is 4.36. The fourth-order valence-electron chi connectivity index (χ4n) is 1.84. The minimum Gasteiger partial charge on any atom is -0.396 e. The number of thiophene rings is 1. The highest BCUT2D eigenvalue weighted by Crippen LogP contribution is 2.40. The summed E-state index contributed by atoms with van der Waals surface area (Å²) >= 11 is 1.27. The van der Waals surface area contributed by atoms with E-state index in [-0.39, 0.29) is 11.6 Å². The van der Waals surface area contributed by atoms with Gasteiger partial charge in [0.1, 0.15) is 21.5 Å². The maximum atomic E-state index is 12.0. The molecule has 0 aromatic carbocycles. The van der Waals surface area contributed by atoms with E-state index >= 15 is 0 Å². The van der Waals surface area contributed by atoms with Crippen molar-refractivity contribution < 1.29 is 4.79 Å². The number of amides is 1. The Balaban J connectivity index is 2.20. The van der Waals surface area contributed by atoms with Gasteiger partial charge in [0.25, 0.3) is 5.91 Å². The maximum absolute atomic E-state index is 12.0. The molecule has 6 heteroatoms. The van der Waals surface area contributed by atoms with Gasteiger partial charge in [0.2, 0.25) is 0 Å². The van der Waals surface area contributed by atoms with Crippen molar-refractivity contribution in [3.63, 3.8) is 0 Å². The number of nitrogens with zero attached hydrogens (tertiary/aromatic N) is 1. The monoisotopic (exact) mass is 278 g/mol. The minimum absolute atomic E-state index is 0.197. The summed E-state index contributed by atoms with van der Waals surface area (Å²) in [5.74, 6) is 0.421. The molecule has 0 saturated heterocycles. The van der Waals surface area contributed by atoms with Gasteiger partial charge in [0.15, 0.2) is 0 Å². The molecular weight excluding hydrogens is 260 g/mol. The average molecular weight is 278 g/mol. The lowest BCUT2D eigenvalue weighted by molar-refractivity contribution is 0.0958. The first kappa shape index (κ1) is 13.7. The molecule has 102 valence electrons. The molecular formula is C13H18N4OS. The van der Waals surface area contributed by atoms with Gasteiger partial charge >= 0.3 is 0 Å². The Bertz CT molecular complexity index is 531. The van der Waals surface area contributed by atoms with Crippen LogP contribution in [-0.4, -0.2) is 18.5 Å². The zero-order valence-electron chi connectivity index (χ0n) is 11.1. The number of nitrogens with two attached hydrogens (primary N) is 1. The summed E-state index contributed by atoms with van der Waals surface area (Å²) in [6.07, 6.45) is 1.97. The van der Waals surface area contributed by atoms with Crippen molar-refractivity contribution in [3.05, 3.63) is 10.4 Å². The second-order valence-corrected chi connectivity index (χ2v) is 5.90. The van der Waals surface area contributed by atoms with E-state index in [0.29, 0.717) is 28.9 Å². The number of hydrogen-bond acceptors (Lipinski definition) is 5. The minimum atomic E-state index is -0.197. The Kier molecular flexibility index (Phi) is 3.96. The number of nitrogen functional groups attached to an aromatic ring is 1. The van der Waals surface area contributed by atoms with Gasteiger partial charge in [-0.3, -0.25) is 4.79 Å². The summed E-state index contributed by atoms with van der Waals surface area (Å²) in [4.78, 5) is 12.4. The molecule has 0 radical (unpaired) electrons. The smallest absolute Gasteiger partial charge is 0.263 e. The van der Waals surface area contributed by atoms with Gasteiger partial charge in [-0.15, -0.1) is 11.3 Å². The zero-order chi connectivity index (χ0) is 14.0. The normalized spacial score (nSPS) is 20.7. The van der Waals surface area contributed by atoms with Crippen molar-refractivity contribution in [3.8, 4) is 6.07 Å². The second-order valence-electron chi connectivity index (χ2n) is 4.88. The molecule has 1 saturated carbocycles. The van der Waals surface area contributed by atoms with Crippen molar-refractivity contribution >= 4 is 27.9 Å². The summed E-state index contributed by atoms with van der Waals surface area (Å²) in [6, 6.07) is 2.49. The first-order chi connectivity index (χ1) is 9.08. The number of anilines is 2. The molecule has 1 aromatic rings. The highest BCUT2D eigenvalue weighted by Gasteiger charge is 2.34. The topological polar surface area (TPSA) is 90.9 Å². The predicted octanol–water partition coefficient (Wildman–Crippen LogP) is 2.16. The molecule has 5 nitrogen and oxygen atoms in total. The lowest BCUT2D eigenvalue weighted by Crippen LogP contribution is -2.23. The van der Waals surface area contributed by atoms with Crippen LogP contribution in [0, 0.1) is 17.2 Å². The molecule has 1 aliphatic rings. The number of nitriles is 1. The van der Waals surface area contributed by atoms with Crippen LogP contribution in [0.2, 0.25) is 0 Å². The molecule has 1 fully saturated rings. The number of carbonyl (C=O) groups excluding carboxylic acids is 1. The average Bonchev–Trinajstić information content (AvgIpc) is 2.98. The molecule has 2 atom stereocenters. The molecule has 1 aliphatic carbocycles. The third-order valence-electron chi connectivity index (χ3n) is 3.22. The molecule has 2 unspecified atom stereocenters. The summed E-state index contributed by atoms with van der Waals surface area (Å²) in [5.41, 5.74) is 6.59. The van der Waals surface area contributed by atoms with Crippen molar-refractivity contribution in [2.75, 3.05) is 17.6 Å². The fourth-order valence-corrected chi connectivity index (χ4v) is 2.88. The summed E-state index contributed by atoms with van der Waals surface area (Å²) in [6.45, 7) is 4.75. The highest BCUT2D eigenvalue weighted by atomic mass is 32.1. The maximum Gasteiger partial charge on any atom is 0.263 e. The highest BCUT2D eigenvalue weighted by molar-refractivity contribution is 7.19. The van der Waals surface area contributed by atoms with E-state index in [0.717, 1.165) is 17.8 Å². The van der Waals surface area contributed by atoms with E-state index in [1.165, 1.54) is 11.3 Å². The SMILES string of the molecule is CCCNC(=O)c1sc(NC2CC2C)c(C#N)c1N. The lowest BCUT2D eigenvalue weighted by Gasteiger charge is -2.01. The predicted molar refractivity (Wildman–Crippen MR) is 77.3 cm³/mol. The Hall–Kier alpha value is -1.74. The van der Waals surface area contributed by atoms with Gasteiger partial charge in [0, 0.05) is 12.6 Å². The van der Waals surface area contributed by atoms with E-state index in [1.54, 1.807) is 0 Å². The molecule has 2 rings (SSSR count). The van der Waals surface area contributed by atoms with Gasteiger partial charge in [-0.25, -0.2) is 0 Å². The summed E-state index contributed by atoms with van der Waals surface area (Å²) in [5, 5.41) is 16.0. The number of nitrogens with one attached hydrogen (secondary N) is 2. The Labute approximate surface area is 116 Å². The molecule has 1 aromatic heterocycles. The number of hydrogen-bond donors (Lipinski definition) is 3. The second kappa shape index (κ2) is 5.49. The summed E-state index contributed by atoms with van der Waals surface area (Å²) in [7, 11) is 0. The van der Waals surface area contributed by atoms with Crippen molar-refractivity contribution in [2.45, 2.75) is 32.7 Å². The third kappa shape index (κ3) is 2.82. The van der Waals surface area contributed by atoms with E-state index in [9.17, 15) is 10.1 Å².